The zero-order valence-corrected chi connectivity index (χ0v) is 30.0. The van der Waals surface area contributed by atoms with Gasteiger partial charge in [-0.15, -0.1) is 0 Å². The minimum absolute atomic E-state index is 0.00490. The summed E-state index contributed by atoms with van der Waals surface area (Å²) in [6.45, 7) is 16.6. The predicted octanol–water partition coefficient (Wildman–Crippen LogP) is 6.64. The number of alkyl halides is 1. The van der Waals surface area contributed by atoms with Crippen LogP contribution < -0.4 is 31.3 Å². The first-order valence-electron chi connectivity index (χ1n) is 16.6. The average molecular weight is 702 g/mol. The molecule has 0 bridgehead atoms. The summed E-state index contributed by atoms with van der Waals surface area (Å²) in [5.41, 5.74) is 11.6. The number of unbranched alkanes of at least 4 members (excludes halogenated alkanes) is 2. The Morgan fingerprint density at radius 3 is 1.84 bits per heavy atom. The zero-order chi connectivity index (χ0) is 31.3. The van der Waals surface area contributed by atoms with Gasteiger partial charge in [0.25, 0.3) is 0 Å². The quantitative estimate of drug-likeness (QED) is 0.1000. The number of anilines is 2. The van der Waals surface area contributed by atoms with Crippen LogP contribution in [0.25, 0.3) is 16.7 Å². The third-order valence-electron chi connectivity index (χ3n) is 8.49. The molecule has 0 atom stereocenters. The molecule has 4 rings (SSSR count). The van der Waals surface area contributed by atoms with Crippen molar-refractivity contribution in [3.05, 3.63) is 114 Å². The van der Waals surface area contributed by atoms with Crippen molar-refractivity contribution in [2.45, 2.75) is 60.3 Å². The molecule has 0 heterocycles. The van der Waals surface area contributed by atoms with Crippen molar-refractivity contribution >= 4 is 22.7 Å². The average Bonchev–Trinajstić information content (AvgIpc) is 3.08. The van der Waals surface area contributed by atoms with Gasteiger partial charge in [-0.2, -0.15) is 0 Å². The van der Waals surface area contributed by atoms with Crippen LogP contribution in [0.5, 0.6) is 0 Å². The maximum absolute atomic E-state index is 2.60. The third kappa shape index (κ3) is 8.32. The molecule has 0 radical (unpaired) electrons. The van der Waals surface area contributed by atoms with Crippen LogP contribution in [0, 0.1) is 0 Å². The van der Waals surface area contributed by atoms with Crippen LogP contribution in [0.15, 0.2) is 103 Å². The van der Waals surface area contributed by atoms with E-state index in [2.05, 4.69) is 149 Å². The number of halogens is 1. The standard InChI is InChI=1S/C40H52IN3/c1-7-12-29-43(30-13-8-2)37-27-28-38(39(31-37)32-17-15-14-16-18-32)40(33-19-23-35(24-20-33)42(9-3)10-4)34-21-25-36(26-22-34)44(11-5)41-6/h14-28,31H,7-13,29-30H2,1-6H3. The molecular formula is C40H52IN3. The molecule has 44 heavy (non-hydrogen) atoms. The molecule has 0 unspecified atom stereocenters. The molecule has 3 aromatic carbocycles. The van der Waals surface area contributed by atoms with Crippen molar-refractivity contribution in [2.75, 3.05) is 47.5 Å². The van der Waals surface area contributed by atoms with E-state index in [0.29, 0.717) is 0 Å². The summed E-state index contributed by atoms with van der Waals surface area (Å²) in [6.07, 6.45) is 14.1. The summed E-state index contributed by atoms with van der Waals surface area (Å²) >= 11 is -0.00490. The van der Waals surface area contributed by atoms with Gasteiger partial charge in [-0.05, 0) is 26.7 Å². The molecule has 0 amide bonds. The SMILES string of the molecule is CCCCN(CCCC)c1ccc(C(=C2C=CC(=[N+](CC)[I-]C)C=C2)c2ccc(N(CC)CC)cc2)c(-c2ccccc2)c1. The fourth-order valence-electron chi connectivity index (χ4n) is 5.97. The van der Waals surface area contributed by atoms with E-state index in [0.717, 1.165) is 32.7 Å². The first kappa shape index (κ1) is 33.8. The number of allylic oxidation sites excluding steroid dienone is 5. The summed E-state index contributed by atoms with van der Waals surface area (Å²) < 4.78 is 2.52. The molecule has 0 saturated heterocycles. The van der Waals surface area contributed by atoms with Crippen LogP contribution in [0.4, 0.5) is 11.4 Å². The van der Waals surface area contributed by atoms with Crippen molar-refractivity contribution in [2.24, 2.45) is 0 Å². The van der Waals surface area contributed by atoms with Crippen molar-refractivity contribution in [1.82, 2.24) is 0 Å². The van der Waals surface area contributed by atoms with Crippen LogP contribution in [0.1, 0.15) is 71.4 Å². The number of nitrogens with zero attached hydrogens (tertiary/aromatic N) is 3. The van der Waals surface area contributed by atoms with Gasteiger partial charge in [-0.3, -0.25) is 0 Å². The number of rotatable bonds is 15. The van der Waals surface area contributed by atoms with Crippen molar-refractivity contribution < 1.29 is 24.3 Å². The summed E-state index contributed by atoms with van der Waals surface area (Å²) in [4.78, 5) is 7.35. The van der Waals surface area contributed by atoms with Gasteiger partial charge in [0.15, 0.2) is 0 Å². The zero-order valence-electron chi connectivity index (χ0n) is 27.8. The van der Waals surface area contributed by atoms with Gasteiger partial charge in [0, 0.05) is 0 Å². The second-order valence-corrected chi connectivity index (χ2v) is 13.4. The monoisotopic (exact) mass is 701 g/mol. The summed E-state index contributed by atoms with van der Waals surface area (Å²) in [5, 5.41) is 0. The van der Waals surface area contributed by atoms with E-state index in [1.165, 1.54) is 76.2 Å². The molecule has 3 aromatic rings. The van der Waals surface area contributed by atoms with Gasteiger partial charge < -0.3 is 0 Å². The predicted molar refractivity (Wildman–Crippen MR) is 190 cm³/mol. The van der Waals surface area contributed by atoms with E-state index in [9.17, 15) is 0 Å². The summed E-state index contributed by atoms with van der Waals surface area (Å²) in [6, 6.07) is 27.4. The Labute approximate surface area is 278 Å². The molecule has 0 spiro atoms. The molecule has 0 aromatic heterocycles. The summed E-state index contributed by atoms with van der Waals surface area (Å²) in [5.74, 6) is 0. The topological polar surface area (TPSA) is 9.49 Å². The van der Waals surface area contributed by atoms with Gasteiger partial charge in [0.05, 0.1) is 0 Å². The van der Waals surface area contributed by atoms with E-state index < -0.39 is 0 Å². The van der Waals surface area contributed by atoms with E-state index in [1.807, 2.05) is 0 Å². The van der Waals surface area contributed by atoms with Crippen LogP contribution in [-0.4, -0.2) is 46.2 Å². The van der Waals surface area contributed by atoms with E-state index in [-0.39, 0.29) is 21.5 Å². The van der Waals surface area contributed by atoms with Crippen molar-refractivity contribution in [3.8, 4) is 11.1 Å². The molecular weight excluding hydrogens is 649 g/mol. The van der Waals surface area contributed by atoms with E-state index in [4.69, 9.17) is 0 Å². The molecule has 1 aliphatic carbocycles. The van der Waals surface area contributed by atoms with Gasteiger partial charge in [-0.1, -0.05) is 26.7 Å². The molecule has 4 heteroatoms. The second kappa shape index (κ2) is 17.4. The third-order valence-corrected chi connectivity index (χ3v) is 10.9. The second-order valence-electron chi connectivity index (χ2n) is 11.3. The van der Waals surface area contributed by atoms with Gasteiger partial charge in [-0.25, -0.2) is 0 Å². The first-order chi connectivity index (χ1) is 21.6. The molecule has 0 saturated carbocycles. The van der Waals surface area contributed by atoms with E-state index in [1.54, 1.807) is 0 Å². The van der Waals surface area contributed by atoms with Crippen molar-refractivity contribution in [1.29, 1.82) is 0 Å². The Hall–Kier alpha value is -3.12. The van der Waals surface area contributed by atoms with Crippen LogP contribution in [0.3, 0.4) is 0 Å². The minimum atomic E-state index is -0.00490. The number of hydrogen-bond acceptors (Lipinski definition) is 2. The number of hydrogen-bond donors (Lipinski definition) is 0. The van der Waals surface area contributed by atoms with Crippen LogP contribution in [-0.2, 0) is 0 Å². The summed E-state index contributed by atoms with van der Waals surface area (Å²) in [7, 11) is 0. The molecule has 0 N–H and O–H groups in total. The normalized spacial score (nSPS) is 12.6. The van der Waals surface area contributed by atoms with Gasteiger partial charge >= 0.3 is 226 Å². The Bertz CT molecular complexity index is 1430. The fourth-order valence-corrected chi connectivity index (χ4v) is 7.53. The maximum atomic E-state index is 2.60. The fraction of sp³-hybridized carbons (Fsp3) is 0.375. The Morgan fingerprint density at radius 2 is 1.30 bits per heavy atom. The van der Waals surface area contributed by atoms with Crippen LogP contribution >= 0.6 is 0 Å². The van der Waals surface area contributed by atoms with Gasteiger partial charge in [0.1, 0.15) is 0 Å². The first-order valence-corrected chi connectivity index (χ1v) is 19.7. The number of benzene rings is 3. The molecule has 3 nitrogen and oxygen atoms in total. The molecule has 0 fully saturated rings. The Balaban J connectivity index is 1.94. The molecule has 0 aliphatic heterocycles. The van der Waals surface area contributed by atoms with E-state index >= 15 is 0 Å². The van der Waals surface area contributed by atoms with Crippen LogP contribution in [0.2, 0.25) is 0 Å². The van der Waals surface area contributed by atoms with Crippen molar-refractivity contribution in [3.63, 3.8) is 0 Å². The molecule has 1 aliphatic rings. The Morgan fingerprint density at radius 1 is 0.682 bits per heavy atom. The Kier molecular flexibility index (Phi) is 13.3. The molecule has 234 valence electrons. The van der Waals surface area contributed by atoms with Gasteiger partial charge in [0.2, 0.25) is 0 Å².